The van der Waals surface area contributed by atoms with E-state index in [1.165, 1.54) is 12.1 Å². The number of nitrogens with zero attached hydrogens (tertiary/aromatic N) is 2. The van der Waals surface area contributed by atoms with Crippen LogP contribution in [0.25, 0.3) is 0 Å². The molecule has 0 amide bonds. The van der Waals surface area contributed by atoms with Crippen LogP contribution in [0.5, 0.6) is 17.4 Å². The molecule has 3 rings (SSSR count). The zero-order chi connectivity index (χ0) is 21.2. The third-order valence-electron chi connectivity index (χ3n) is 4.17. The lowest BCUT2D eigenvalue weighted by atomic mass is 10.2. The number of benzene rings is 2. The van der Waals surface area contributed by atoms with Crippen molar-refractivity contribution >= 4 is 29.9 Å². The molecule has 0 fully saturated rings. The van der Waals surface area contributed by atoms with E-state index in [9.17, 15) is 4.39 Å². The third-order valence-corrected chi connectivity index (χ3v) is 4.17. The fourth-order valence-corrected chi connectivity index (χ4v) is 2.70. The summed E-state index contributed by atoms with van der Waals surface area (Å²) in [6.07, 6.45) is 1.70. The van der Waals surface area contributed by atoms with Gasteiger partial charge in [0.25, 0.3) is 0 Å². The van der Waals surface area contributed by atoms with E-state index in [-0.39, 0.29) is 29.8 Å². The van der Waals surface area contributed by atoms with Gasteiger partial charge in [0, 0.05) is 31.4 Å². The van der Waals surface area contributed by atoms with Gasteiger partial charge < -0.3 is 20.1 Å². The maximum Gasteiger partial charge on any atom is 0.219 e. The highest BCUT2D eigenvalue weighted by molar-refractivity contribution is 14.0. The predicted octanol–water partition coefficient (Wildman–Crippen LogP) is 4.89. The number of hydrogen-bond acceptors (Lipinski definition) is 4. The second-order valence-electron chi connectivity index (χ2n) is 6.46. The largest absolute Gasteiger partial charge is 0.497 e. The van der Waals surface area contributed by atoms with Crippen molar-refractivity contribution in [3.8, 4) is 17.4 Å². The van der Waals surface area contributed by atoms with Crippen molar-refractivity contribution in [3.63, 3.8) is 0 Å². The molecule has 0 aliphatic carbocycles. The van der Waals surface area contributed by atoms with Crippen LogP contribution in [-0.4, -0.2) is 24.6 Å². The lowest BCUT2D eigenvalue weighted by molar-refractivity contribution is 0.414. The number of guanidine groups is 1. The molecule has 31 heavy (non-hydrogen) atoms. The fraction of sp³-hybridized carbons (Fsp3) is 0.217. The standard InChI is InChI=1S/C23H25FN4O2.HI/c1-3-25-23(27-14-17-6-4-8-20(12-17)29-2)28-16-18-10-11-22(26-15-18)30-21-9-5-7-19(24)13-21;/h4-13,15H,3,14,16H2,1-2H3,(H2,25,27,28);1H. The molecular formula is C23H26FIN4O2. The molecule has 1 heterocycles. The Labute approximate surface area is 198 Å². The van der Waals surface area contributed by atoms with Crippen LogP contribution in [-0.2, 0) is 13.1 Å². The first-order valence-electron chi connectivity index (χ1n) is 9.69. The summed E-state index contributed by atoms with van der Waals surface area (Å²) in [5.41, 5.74) is 2.03. The van der Waals surface area contributed by atoms with E-state index in [0.717, 1.165) is 23.4 Å². The van der Waals surface area contributed by atoms with E-state index in [4.69, 9.17) is 9.47 Å². The van der Waals surface area contributed by atoms with Crippen LogP contribution >= 0.6 is 24.0 Å². The summed E-state index contributed by atoms with van der Waals surface area (Å²) in [6, 6.07) is 17.5. The zero-order valence-electron chi connectivity index (χ0n) is 17.5. The molecule has 164 valence electrons. The smallest absolute Gasteiger partial charge is 0.219 e. The number of methoxy groups -OCH3 is 1. The number of pyridine rings is 1. The van der Waals surface area contributed by atoms with Crippen LogP contribution < -0.4 is 20.1 Å². The molecule has 0 unspecified atom stereocenters. The van der Waals surface area contributed by atoms with Gasteiger partial charge in [0.15, 0.2) is 5.96 Å². The minimum Gasteiger partial charge on any atom is -0.497 e. The second-order valence-corrected chi connectivity index (χ2v) is 6.46. The number of rotatable bonds is 8. The third kappa shape index (κ3) is 8.05. The van der Waals surface area contributed by atoms with Crippen molar-refractivity contribution in [1.82, 2.24) is 15.6 Å². The molecule has 0 saturated carbocycles. The van der Waals surface area contributed by atoms with Crippen molar-refractivity contribution in [1.29, 1.82) is 0 Å². The zero-order valence-corrected chi connectivity index (χ0v) is 19.8. The van der Waals surface area contributed by atoms with Gasteiger partial charge in [-0.25, -0.2) is 14.4 Å². The Balaban J connectivity index is 0.00000341. The van der Waals surface area contributed by atoms with Gasteiger partial charge in [0.1, 0.15) is 17.3 Å². The maximum absolute atomic E-state index is 13.2. The van der Waals surface area contributed by atoms with E-state index in [1.807, 2.05) is 37.3 Å². The van der Waals surface area contributed by atoms with E-state index in [1.54, 1.807) is 31.5 Å². The predicted molar refractivity (Wildman–Crippen MR) is 131 cm³/mol. The summed E-state index contributed by atoms with van der Waals surface area (Å²) in [7, 11) is 1.65. The number of nitrogens with one attached hydrogen (secondary N) is 2. The Bertz CT molecular complexity index is 983. The molecule has 0 bridgehead atoms. The Morgan fingerprint density at radius 2 is 1.81 bits per heavy atom. The molecule has 1 aromatic heterocycles. The quantitative estimate of drug-likeness (QED) is 0.244. The van der Waals surface area contributed by atoms with E-state index in [2.05, 4.69) is 20.6 Å². The highest BCUT2D eigenvalue weighted by Gasteiger charge is 2.03. The van der Waals surface area contributed by atoms with Crippen LogP contribution in [0.4, 0.5) is 4.39 Å². The molecule has 0 aliphatic heterocycles. The summed E-state index contributed by atoms with van der Waals surface area (Å²) in [5, 5.41) is 6.54. The number of ether oxygens (including phenoxy) is 2. The molecule has 0 radical (unpaired) electrons. The van der Waals surface area contributed by atoms with Crippen LogP contribution in [0, 0.1) is 5.82 Å². The molecule has 0 atom stereocenters. The van der Waals surface area contributed by atoms with E-state index < -0.39 is 0 Å². The average Bonchev–Trinajstić information content (AvgIpc) is 2.77. The highest BCUT2D eigenvalue weighted by atomic mass is 127. The van der Waals surface area contributed by atoms with Gasteiger partial charge in [0.05, 0.1) is 13.7 Å². The van der Waals surface area contributed by atoms with Crippen molar-refractivity contribution < 1.29 is 13.9 Å². The molecule has 2 N–H and O–H groups in total. The molecular weight excluding hydrogens is 510 g/mol. The summed E-state index contributed by atoms with van der Waals surface area (Å²) >= 11 is 0. The average molecular weight is 536 g/mol. The van der Waals surface area contributed by atoms with Crippen molar-refractivity contribution in [3.05, 3.63) is 83.8 Å². The van der Waals surface area contributed by atoms with Gasteiger partial charge in [-0.15, -0.1) is 24.0 Å². The summed E-state index contributed by atoms with van der Waals surface area (Å²) in [4.78, 5) is 8.87. The minimum atomic E-state index is -0.351. The monoisotopic (exact) mass is 536 g/mol. The van der Waals surface area contributed by atoms with Crippen molar-refractivity contribution in [2.24, 2.45) is 4.99 Å². The molecule has 8 heteroatoms. The Morgan fingerprint density at radius 3 is 2.52 bits per heavy atom. The van der Waals surface area contributed by atoms with E-state index >= 15 is 0 Å². The SMILES string of the molecule is CCNC(=NCc1ccc(Oc2cccc(F)c2)nc1)NCc1cccc(OC)c1.I. The topological polar surface area (TPSA) is 67.8 Å². The normalized spacial score (nSPS) is 10.7. The van der Waals surface area contributed by atoms with Gasteiger partial charge in [0.2, 0.25) is 5.88 Å². The summed E-state index contributed by atoms with van der Waals surface area (Å²) in [5.74, 6) is 1.99. The molecule has 0 saturated heterocycles. The maximum atomic E-state index is 13.2. The first kappa shape index (κ1) is 24.4. The molecule has 0 spiro atoms. The minimum absolute atomic E-state index is 0. The van der Waals surface area contributed by atoms with Gasteiger partial charge in [-0.1, -0.05) is 24.3 Å². The number of aliphatic imine (C=N–C) groups is 1. The number of hydrogen-bond donors (Lipinski definition) is 2. The van der Waals surface area contributed by atoms with Crippen LogP contribution in [0.2, 0.25) is 0 Å². The summed E-state index contributed by atoms with van der Waals surface area (Å²) in [6.45, 7) is 3.86. The van der Waals surface area contributed by atoms with Crippen LogP contribution in [0.3, 0.4) is 0 Å². The number of aromatic nitrogens is 1. The van der Waals surface area contributed by atoms with Crippen LogP contribution in [0.15, 0.2) is 71.9 Å². The Kier molecular flexibility index (Phi) is 10.0. The Morgan fingerprint density at radius 1 is 1.00 bits per heavy atom. The first-order valence-corrected chi connectivity index (χ1v) is 9.69. The lowest BCUT2D eigenvalue weighted by Gasteiger charge is -2.12. The second kappa shape index (κ2) is 12.7. The van der Waals surface area contributed by atoms with Gasteiger partial charge in [-0.2, -0.15) is 0 Å². The Hall–Kier alpha value is -2.88. The van der Waals surface area contributed by atoms with Gasteiger partial charge in [-0.3, -0.25) is 0 Å². The highest BCUT2D eigenvalue weighted by Crippen LogP contribution is 2.20. The van der Waals surface area contributed by atoms with E-state index in [0.29, 0.717) is 30.7 Å². The molecule has 3 aromatic rings. The molecule has 0 aliphatic rings. The van der Waals surface area contributed by atoms with Gasteiger partial charge >= 0.3 is 0 Å². The van der Waals surface area contributed by atoms with Gasteiger partial charge in [-0.05, 0) is 42.3 Å². The number of halogens is 2. The van der Waals surface area contributed by atoms with Crippen molar-refractivity contribution in [2.45, 2.75) is 20.0 Å². The van der Waals surface area contributed by atoms with Crippen LogP contribution in [0.1, 0.15) is 18.1 Å². The first-order chi connectivity index (χ1) is 14.7. The fourth-order valence-electron chi connectivity index (χ4n) is 2.70. The molecule has 2 aromatic carbocycles. The molecule has 6 nitrogen and oxygen atoms in total. The summed E-state index contributed by atoms with van der Waals surface area (Å²) < 4.78 is 24.1. The lowest BCUT2D eigenvalue weighted by Crippen LogP contribution is -2.36. The van der Waals surface area contributed by atoms with Crippen molar-refractivity contribution in [2.75, 3.05) is 13.7 Å².